The third-order valence-corrected chi connectivity index (χ3v) is 5.34. The Labute approximate surface area is 160 Å². The van der Waals surface area contributed by atoms with E-state index in [2.05, 4.69) is 15.4 Å². The third-order valence-electron chi connectivity index (χ3n) is 5.34. The summed E-state index contributed by atoms with van der Waals surface area (Å²) >= 11 is 0. The Morgan fingerprint density at radius 2 is 2.19 bits per heavy atom. The number of halogens is 1. The molecule has 0 unspecified atom stereocenters. The lowest BCUT2D eigenvalue weighted by Crippen LogP contribution is -2.57. The van der Waals surface area contributed by atoms with Crippen LogP contribution < -0.4 is 5.32 Å². The largest absolute Gasteiger partial charge is 0.342 e. The molecule has 2 saturated heterocycles. The standard InChI is InChI=1S/C17H28N6O2.ClH/c1-18-7-10-23-15-6-9-21(11-14(15)4-5-17(23)25)16(24)3-2-8-22-13-19-12-20-22;/h12-15,18H,2-11H2,1H3;1H/t14-,15+;/m0./s1. The molecule has 146 valence electrons. The molecule has 1 aromatic rings. The highest BCUT2D eigenvalue weighted by atomic mass is 35.5. The lowest BCUT2D eigenvalue weighted by Gasteiger charge is -2.47. The lowest BCUT2D eigenvalue weighted by atomic mass is 9.83. The number of carbonyl (C=O) groups excluding carboxylic acids is 2. The average Bonchev–Trinajstić information content (AvgIpc) is 3.14. The summed E-state index contributed by atoms with van der Waals surface area (Å²) in [6, 6.07) is 0.300. The van der Waals surface area contributed by atoms with Gasteiger partial charge in [0.2, 0.25) is 11.8 Å². The van der Waals surface area contributed by atoms with Crippen LogP contribution in [0.1, 0.15) is 32.1 Å². The molecule has 1 N–H and O–H groups in total. The normalized spacial score (nSPS) is 22.7. The summed E-state index contributed by atoms with van der Waals surface area (Å²) in [5.41, 5.74) is 0. The molecule has 3 heterocycles. The molecular formula is C17H29ClN6O2. The van der Waals surface area contributed by atoms with E-state index in [9.17, 15) is 9.59 Å². The van der Waals surface area contributed by atoms with Crippen molar-refractivity contribution in [1.82, 2.24) is 29.9 Å². The highest BCUT2D eigenvalue weighted by Crippen LogP contribution is 2.31. The summed E-state index contributed by atoms with van der Waals surface area (Å²) in [5.74, 6) is 0.906. The minimum absolute atomic E-state index is 0. The zero-order valence-electron chi connectivity index (χ0n) is 15.3. The zero-order chi connectivity index (χ0) is 17.6. The number of nitrogens with one attached hydrogen (secondary N) is 1. The number of aromatic nitrogens is 3. The molecule has 2 atom stereocenters. The van der Waals surface area contributed by atoms with Gasteiger partial charge < -0.3 is 15.1 Å². The Morgan fingerprint density at radius 1 is 1.35 bits per heavy atom. The number of hydrogen-bond acceptors (Lipinski definition) is 5. The van der Waals surface area contributed by atoms with Crippen molar-refractivity contribution in [3.05, 3.63) is 12.7 Å². The molecule has 0 aliphatic carbocycles. The van der Waals surface area contributed by atoms with E-state index >= 15 is 0 Å². The van der Waals surface area contributed by atoms with E-state index in [1.807, 2.05) is 16.8 Å². The molecule has 2 fully saturated rings. The van der Waals surface area contributed by atoms with Crippen molar-refractivity contribution in [2.75, 3.05) is 33.2 Å². The van der Waals surface area contributed by atoms with Crippen LogP contribution >= 0.6 is 12.4 Å². The summed E-state index contributed by atoms with van der Waals surface area (Å²) in [5, 5.41) is 7.18. The molecule has 0 radical (unpaired) electrons. The molecule has 8 nitrogen and oxygen atoms in total. The minimum atomic E-state index is 0. The smallest absolute Gasteiger partial charge is 0.222 e. The second kappa shape index (κ2) is 9.87. The number of aryl methyl sites for hydroxylation is 1. The summed E-state index contributed by atoms with van der Waals surface area (Å²) in [6.45, 7) is 3.85. The number of amides is 2. The highest BCUT2D eigenvalue weighted by Gasteiger charge is 2.39. The molecule has 3 rings (SSSR count). The van der Waals surface area contributed by atoms with Gasteiger partial charge in [-0.05, 0) is 32.2 Å². The quantitative estimate of drug-likeness (QED) is 0.741. The number of rotatable bonds is 7. The molecule has 26 heavy (non-hydrogen) atoms. The second-order valence-corrected chi connectivity index (χ2v) is 6.95. The van der Waals surface area contributed by atoms with Crippen molar-refractivity contribution in [3.8, 4) is 0 Å². The van der Waals surface area contributed by atoms with Crippen molar-refractivity contribution in [1.29, 1.82) is 0 Å². The molecule has 0 saturated carbocycles. The number of likely N-dealkylation sites (N-methyl/N-ethyl adjacent to an activating group) is 1. The maximum Gasteiger partial charge on any atom is 0.222 e. The number of likely N-dealkylation sites (tertiary alicyclic amines) is 2. The van der Waals surface area contributed by atoms with Crippen LogP contribution in [-0.4, -0.2) is 75.6 Å². The van der Waals surface area contributed by atoms with Crippen molar-refractivity contribution < 1.29 is 9.59 Å². The topological polar surface area (TPSA) is 83.4 Å². The van der Waals surface area contributed by atoms with Gasteiger partial charge in [0.25, 0.3) is 0 Å². The minimum Gasteiger partial charge on any atom is -0.342 e. The summed E-state index contributed by atoms with van der Waals surface area (Å²) in [6.07, 6.45) is 6.92. The summed E-state index contributed by atoms with van der Waals surface area (Å²) in [4.78, 5) is 32.7. The molecule has 9 heteroatoms. The highest BCUT2D eigenvalue weighted by molar-refractivity contribution is 5.85. The van der Waals surface area contributed by atoms with Crippen LogP contribution in [0.25, 0.3) is 0 Å². The number of nitrogens with zero attached hydrogens (tertiary/aromatic N) is 5. The van der Waals surface area contributed by atoms with E-state index in [1.165, 1.54) is 6.33 Å². The lowest BCUT2D eigenvalue weighted by molar-refractivity contribution is -0.144. The number of carbonyl (C=O) groups is 2. The maximum absolute atomic E-state index is 12.5. The molecule has 1 aromatic heterocycles. The van der Waals surface area contributed by atoms with E-state index in [0.29, 0.717) is 24.8 Å². The fraction of sp³-hybridized carbons (Fsp3) is 0.765. The molecule has 2 aliphatic heterocycles. The zero-order valence-corrected chi connectivity index (χ0v) is 16.2. The first-order chi connectivity index (χ1) is 12.2. The van der Waals surface area contributed by atoms with Gasteiger partial charge in [0.15, 0.2) is 0 Å². The Kier molecular flexibility index (Phi) is 7.84. The predicted octanol–water partition coefficient (Wildman–Crippen LogP) is 0.539. The van der Waals surface area contributed by atoms with Crippen molar-refractivity contribution in [2.45, 2.75) is 44.7 Å². The summed E-state index contributed by atoms with van der Waals surface area (Å²) < 4.78 is 1.76. The Morgan fingerprint density at radius 3 is 2.92 bits per heavy atom. The van der Waals surface area contributed by atoms with Crippen LogP contribution in [0.5, 0.6) is 0 Å². The van der Waals surface area contributed by atoms with Gasteiger partial charge in [-0.1, -0.05) is 0 Å². The Balaban J connectivity index is 0.00000243. The van der Waals surface area contributed by atoms with E-state index in [0.717, 1.165) is 52.0 Å². The van der Waals surface area contributed by atoms with E-state index < -0.39 is 0 Å². The molecule has 0 aromatic carbocycles. The summed E-state index contributed by atoms with van der Waals surface area (Å²) in [7, 11) is 1.91. The van der Waals surface area contributed by atoms with Gasteiger partial charge in [0.1, 0.15) is 12.7 Å². The van der Waals surface area contributed by atoms with Crippen LogP contribution in [0.3, 0.4) is 0 Å². The SMILES string of the molecule is CNCCN1C(=O)CC[C@H]2CN(C(=O)CCCn3cncn3)CC[C@H]21.Cl. The van der Waals surface area contributed by atoms with Gasteiger partial charge in [-0.2, -0.15) is 5.10 Å². The third kappa shape index (κ3) is 4.94. The van der Waals surface area contributed by atoms with Crippen LogP contribution in [0, 0.1) is 5.92 Å². The molecule has 2 aliphatic rings. The van der Waals surface area contributed by atoms with Gasteiger partial charge in [-0.3, -0.25) is 14.3 Å². The molecule has 2 amide bonds. The monoisotopic (exact) mass is 384 g/mol. The van der Waals surface area contributed by atoms with Gasteiger partial charge in [0, 0.05) is 51.6 Å². The fourth-order valence-electron chi connectivity index (χ4n) is 4.00. The fourth-order valence-corrected chi connectivity index (χ4v) is 4.00. The van der Waals surface area contributed by atoms with Gasteiger partial charge in [0.05, 0.1) is 0 Å². The van der Waals surface area contributed by atoms with Crippen LogP contribution in [0.15, 0.2) is 12.7 Å². The van der Waals surface area contributed by atoms with Gasteiger partial charge >= 0.3 is 0 Å². The van der Waals surface area contributed by atoms with Crippen molar-refractivity contribution >= 4 is 24.2 Å². The van der Waals surface area contributed by atoms with E-state index in [1.54, 1.807) is 11.0 Å². The number of hydrogen-bond donors (Lipinski definition) is 1. The van der Waals surface area contributed by atoms with Crippen LogP contribution in [0.4, 0.5) is 0 Å². The second-order valence-electron chi connectivity index (χ2n) is 6.95. The molecule has 0 spiro atoms. The molecule has 0 bridgehead atoms. The van der Waals surface area contributed by atoms with Crippen molar-refractivity contribution in [2.24, 2.45) is 5.92 Å². The van der Waals surface area contributed by atoms with Gasteiger partial charge in [-0.15, -0.1) is 12.4 Å². The molecular weight excluding hydrogens is 356 g/mol. The van der Waals surface area contributed by atoms with Gasteiger partial charge in [-0.25, -0.2) is 4.98 Å². The first kappa shape index (κ1) is 20.6. The number of piperidine rings is 2. The van der Waals surface area contributed by atoms with Crippen LogP contribution in [-0.2, 0) is 16.1 Å². The first-order valence-electron chi connectivity index (χ1n) is 9.23. The van der Waals surface area contributed by atoms with E-state index in [-0.39, 0.29) is 24.2 Å². The van der Waals surface area contributed by atoms with Crippen molar-refractivity contribution in [3.63, 3.8) is 0 Å². The average molecular weight is 385 g/mol. The first-order valence-corrected chi connectivity index (χ1v) is 9.23. The van der Waals surface area contributed by atoms with E-state index in [4.69, 9.17) is 0 Å². The maximum atomic E-state index is 12.5. The predicted molar refractivity (Wildman–Crippen MR) is 99.9 cm³/mol. The van der Waals surface area contributed by atoms with Crippen LogP contribution in [0.2, 0.25) is 0 Å². The Hall–Kier alpha value is -1.67. The number of fused-ring (bicyclic) bond motifs is 1. The Bertz CT molecular complexity index is 582.